The Morgan fingerprint density at radius 3 is 2.11 bits per heavy atom. The Labute approximate surface area is 105 Å². The zero-order valence-electron chi connectivity index (χ0n) is 10.4. The van der Waals surface area contributed by atoms with Crippen molar-refractivity contribution >= 4 is 19.3 Å². The van der Waals surface area contributed by atoms with E-state index in [0.29, 0.717) is 0 Å². The van der Waals surface area contributed by atoms with Gasteiger partial charge in [-0.05, 0) is 12.3 Å². The van der Waals surface area contributed by atoms with Crippen LogP contribution < -0.4 is 5.73 Å². The van der Waals surface area contributed by atoms with Crippen molar-refractivity contribution in [1.29, 1.82) is 0 Å². The molecule has 0 radical (unpaired) electrons. The Morgan fingerprint density at radius 2 is 1.78 bits per heavy atom. The Morgan fingerprint density at radius 1 is 1.28 bits per heavy atom. The van der Waals surface area contributed by atoms with Crippen LogP contribution in [0.15, 0.2) is 0 Å². The van der Waals surface area contributed by atoms with Crippen LogP contribution in [0.5, 0.6) is 0 Å². The zero-order valence-corrected chi connectivity index (χ0v) is 11.3. The van der Waals surface area contributed by atoms with Gasteiger partial charge >= 0.3 is 11.9 Å². The molecule has 3 atom stereocenters. The molecule has 0 aromatic rings. The van der Waals surface area contributed by atoms with Gasteiger partial charge in [0.25, 0.3) is 0 Å². The first-order valence-corrected chi connectivity index (χ1v) is 7.49. The van der Waals surface area contributed by atoms with Crippen molar-refractivity contribution in [3.05, 3.63) is 0 Å². The molecule has 106 valence electrons. The van der Waals surface area contributed by atoms with Gasteiger partial charge in [-0.15, -0.1) is 0 Å². The molecule has 0 saturated heterocycles. The van der Waals surface area contributed by atoms with Crippen LogP contribution in [0.25, 0.3) is 0 Å². The van der Waals surface area contributed by atoms with Gasteiger partial charge in [0.2, 0.25) is 7.37 Å². The molecule has 5 N–H and O–H groups in total. The number of hydrogen-bond acceptors (Lipinski definition) is 4. The summed E-state index contributed by atoms with van der Waals surface area (Å²) in [6, 6.07) is 0. The van der Waals surface area contributed by atoms with Crippen LogP contribution in [0.3, 0.4) is 0 Å². The lowest BCUT2D eigenvalue weighted by Gasteiger charge is -2.22. The van der Waals surface area contributed by atoms with Crippen LogP contribution in [0.1, 0.15) is 26.7 Å². The van der Waals surface area contributed by atoms with E-state index in [1.54, 1.807) is 13.8 Å². The highest BCUT2D eigenvalue weighted by atomic mass is 31.2. The molecule has 0 spiro atoms. The molecule has 18 heavy (non-hydrogen) atoms. The molecule has 0 saturated carbocycles. The number of nitrogens with two attached hydrogens (primary N) is 1. The number of rotatable bonds is 8. The second kappa shape index (κ2) is 6.87. The van der Waals surface area contributed by atoms with Crippen LogP contribution in [0.4, 0.5) is 0 Å². The van der Waals surface area contributed by atoms with Crippen molar-refractivity contribution in [2.75, 3.05) is 6.16 Å². The fraction of sp³-hybridized carbons (Fsp3) is 0.800. The molecule has 0 amide bonds. The monoisotopic (exact) mass is 281 g/mol. The average Bonchev–Trinajstić information content (AvgIpc) is 2.14. The van der Waals surface area contributed by atoms with Gasteiger partial charge in [-0.3, -0.25) is 14.2 Å². The summed E-state index contributed by atoms with van der Waals surface area (Å²) in [5.74, 6) is -4.81. The minimum absolute atomic E-state index is 0.0572. The predicted octanol–water partition coefficient (Wildman–Crippen LogP) is 0.763. The minimum Gasteiger partial charge on any atom is -0.481 e. The maximum atomic E-state index is 11.8. The van der Waals surface area contributed by atoms with Gasteiger partial charge in [0.15, 0.2) is 0 Å². The van der Waals surface area contributed by atoms with Gasteiger partial charge in [-0.1, -0.05) is 13.8 Å². The summed E-state index contributed by atoms with van der Waals surface area (Å²) >= 11 is 0. The molecule has 0 bridgehead atoms. The van der Waals surface area contributed by atoms with Gasteiger partial charge in [0.1, 0.15) is 0 Å². The third-order valence-electron chi connectivity index (χ3n) is 2.49. The molecule has 1 unspecified atom stereocenters. The average molecular weight is 281 g/mol. The molecular weight excluding hydrogens is 261 g/mol. The van der Waals surface area contributed by atoms with Crippen molar-refractivity contribution in [3.63, 3.8) is 0 Å². The highest BCUT2D eigenvalue weighted by Crippen LogP contribution is 2.47. The maximum absolute atomic E-state index is 11.8. The van der Waals surface area contributed by atoms with E-state index in [1.165, 1.54) is 0 Å². The molecule has 0 aromatic heterocycles. The summed E-state index contributed by atoms with van der Waals surface area (Å²) in [5.41, 5.74) is 5.34. The highest BCUT2D eigenvalue weighted by Gasteiger charge is 2.35. The van der Waals surface area contributed by atoms with Crippen LogP contribution in [0.2, 0.25) is 0 Å². The molecule has 0 heterocycles. The van der Waals surface area contributed by atoms with Gasteiger partial charge in [0, 0.05) is 6.16 Å². The van der Waals surface area contributed by atoms with E-state index in [4.69, 9.17) is 15.9 Å². The molecule has 0 aromatic carbocycles. The van der Waals surface area contributed by atoms with E-state index >= 15 is 0 Å². The van der Waals surface area contributed by atoms with Crippen LogP contribution in [0, 0.1) is 11.8 Å². The van der Waals surface area contributed by atoms with E-state index in [9.17, 15) is 19.0 Å². The summed E-state index contributed by atoms with van der Waals surface area (Å²) in [7, 11) is -3.99. The first-order valence-electron chi connectivity index (χ1n) is 5.58. The Kier molecular flexibility index (Phi) is 6.52. The molecule has 0 fully saturated rings. The minimum atomic E-state index is -3.99. The Balaban J connectivity index is 4.74. The van der Waals surface area contributed by atoms with E-state index in [2.05, 4.69) is 0 Å². The van der Waals surface area contributed by atoms with Crippen molar-refractivity contribution in [2.45, 2.75) is 32.5 Å². The molecule has 0 aliphatic carbocycles. The summed E-state index contributed by atoms with van der Waals surface area (Å²) in [5, 5.41) is 17.5. The largest absolute Gasteiger partial charge is 0.481 e. The van der Waals surface area contributed by atoms with Gasteiger partial charge in [0.05, 0.1) is 18.1 Å². The summed E-state index contributed by atoms with van der Waals surface area (Å²) in [6.45, 7) is 3.60. The smallest absolute Gasteiger partial charge is 0.307 e. The van der Waals surface area contributed by atoms with E-state index in [-0.39, 0.29) is 12.3 Å². The Bertz CT molecular complexity index is 356. The predicted molar refractivity (Wildman–Crippen MR) is 65.5 cm³/mol. The molecular formula is C10H20NO6P. The van der Waals surface area contributed by atoms with Gasteiger partial charge in [-0.25, -0.2) is 0 Å². The number of carboxylic acids is 2. The SMILES string of the molecule is CC(C)C[C@H](CP(=O)(O)[C@@H](N)CC(=O)O)C(=O)O. The van der Waals surface area contributed by atoms with E-state index in [1.807, 2.05) is 0 Å². The normalized spacial score (nSPS) is 18.1. The fourth-order valence-corrected chi connectivity index (χ4v) is 3.24. The number of carboxylic acid groups (broad SMARTS) is 2. The molecule has 0 aliphatic heterocycles. The summed E-state index contributed by atoms with van der Waals surface area (Å²) in [6.07, 6.45) is -0.892. The second-order valence-electron chi connectivity index (χ2n) is 4.77. The van der Waals surface area contributed by atoms with Crippen LogP contribution in [-0.4, -0.2) is 39.0 Å². The third-order valence-corrected chi connectivity index (χ3v) is 4.67. The third kappa shape index (κ3) is 6.14. The summed E-state index contributed by atoms with van der Waals surface area (Å²) < 4.78 is 11.8. The lowest BCUT2D eigenvalue weighted by atomic mass is 9.99. The van der Waals surface area contributed by atoms with Crippen molar-refractivity contribution in [3.8, 4) is 0 Å². The van der Waals surface area contributed by atoms with Crippen molar-refractivity contribution in [2.24, 2.45) is 17.6 Å². The first kappa shape index (κ1) is 17.1. The summed E-state index contributed by atoms with van der Waals surface area (Å²) in [4.78, 5) is 31.1. The van der Waals surface area contributed by atoms with Crippen molar-refractivity contribution < 1.29 is 29.3 Å². The van der Waals surface area contributed by atoms with E-state index < -0.39 is 43.6 Å². The highest BCUT2D eigenvalue weighted by molar-refractivity contribution is 7.58. The quantitative estimate of drug-likeness (QED) is 0.482. The lowest BCUT2D eigenvalue weighted by molar-refractivity contribution is -0.141. The van der Waals surface area contributed by atoms with E-state index in [0.717, 1.165) is 0 Å². The van der Waals surface area contributed by atoms with Gasteiger partial charge in [-0.2, -0.15) is 0 Å². The topological polar surface area (TPSA) is 138 Å². The maximum Gasteiger partial charge on any atom is 0.307 e. The number of hydrogen-bond donors (Lipinski definition) is 4. The van der Waals surface area contributed by atoms with Gasteiger partial charge < -0.3 is 20.8 Å². The molecule has 0 aliphatic rings. The number of carbonyl (C=O) groups is 2. The van der Waals surface area contributed by atoms with Crippen LogP contribution >= 0.6 is 7.37 Å². The standard InChI is InChI=1S/C10H20NO6P/c1-6(2)3-7(10(14)15)5-18(16,17)8(11)4-9(12)13/h6-8H,3-5,11H2,1-2H3,(H,12,13)(H,14,15)(H,16,17)/t7-,8-/m1/s1. The molecule has 8 heteroatoms. The number of aliphatic carboxylic acids is 2. The second-order valence-corrected chi connectivity index (χ2v) is 7.31. The fourth-order valence-electron chi connectivity index (χ4n) is 1.60. The Hall–Kier alpha value is -0.910. The van der Waals surface area contributed by atoms with Crippen molar-refractivity contribution in [1.82, 2.24) is 0 Å². The lowest BCUT2D eigenvalue weighted by Crippen LogP contribution is -2.29. The van der Waals surface area contributed by atoms with Crippen LogP contribution in [-0.2, 0) is 14.2 Å². The molecule has 0 rings (SSSR count). The first-order chi connectivity index (χ1) is 8.06. The zero-order chi connectivity index (χ0) is 14.5. The molecule has 7 nitrogen and oxygen atoms in total.